The number of rotatable bonds is 7. The van der Waals surface area contributed by atoms with E-state index in [1.165, 1.54) is 18.4 Å². The summed E-state index contributed by atoms with van der Waals surface area (Å²) in [5, 5.41) is 13.5. The van der Waals surface area contributed by atoms with Gasteiger partial charge in [0.2, 0.25) is 0 Å². The summed E-state index contributed by atoms with van der Waals surface area (Å²) in [6, 6.07) is 27.8. The Balaban J connectivity index is 1.75. The number of ether oxygens (including phenoxy) is 2. The Bertz CT molecular complexity index is 1600. The predicted molar refractivity (Wildman–Crippen MR) is 146 cm³/mol. The molecule has 0 radical (unpaired) electrons. The maximum absolute atomic E-state index is 11.6. The minimum atomic E-state index is -0.453. The van der Waals surface area contributed by atoms with Crippen molar-refractivity contribution < 1.29 is 14.3 Å². The van der Waals surface area contributed by atoms with E-state index < -0.39 is 5.97 Å². The molecule has 0 aliphatic heterocycles. The van der Waals surface area contributed by atoms with Gasteiger partial charge in [-0.15, -0.1) is 11.3 Å². The van der Waals surface area contributed by atoms with Crippen LogP contribution in [-0.2, 0) is 9.53 Å². The van der Waals surface area contributed by atoms with Gasteiger partial charge in [-0.05, 0) is 65.9 Å². The molecule has 0 atom stereocenters. The van der Waals surface area contributed by atoms with Crippen LogP contribution in [0.5, 0.6) is 5.75 Å². The third-order valence-corrected chi connectivity index (χ3v) is 7.69. The average Bonchev–Trinajstić information content (AvgIpc) is 3.51. The summed E-state index contributed by atoms with van der Waals surface area (Å²) in [4.78, 5) is 13.3. The topological polar surface area (TPSA) is 64.2 Å². The third-order valence-electron chi connectivity index (χ3n) is 5.57. The van der Waals surface area contributed by atoms with E-state index in [0.29, 0.717) is 15.6 Å². The number of hydrogen-bond donors (Lipinski definition) is 0. The minimum Gasteiger partial charge on any atom is -0.482 e. The lowest BCUT2D eigenvalue weighted by molar-refractivity contribution is -0.142. The molecule has 5 rings (SSSR count). The summed E-state index contributed by atoms with van der Waals surface area (Å²) < 4.78 is 12.6. The molecule has 0 spiro atoms. The molecule has 0 amide bonds. The zero-order valence-corrected chi connectivity index (χ0v) is 21.5. The second kappa shape index (κ2) is 10.5. The minimum absolute atomic E-state index is 0.182. The lowest BCUT2D eigenvalue weighted by atomic mass is 9.99. The van der Waals surface area contributed by atoms with Gasteiger partial charge in [-0.3, -0.25) is 3.97 Å². The van der Waals surface area contributed by atoms with E-state index in [9.17, 15) is 10.1 Å². The number of methoxy groups -OCH3 is 1. The molecule has 0 saturated heterocycles. The van der Waals surface area contributed by atoms with Gasteiger partial charge in [-0.25, -0.2) is 4.79 Å². The number of carbonyl (C=O) groups excluding carboxylic acids is 1. The number of nitrogens with zero attached hydrogens (tertiary/aromatic N) is 2. The fraction of sp³-hybridized carbons (Fsp3) is 0.0714. The van der Waals surface area contributed by atoms with E-state index in [-0.39, 0.29) is 6.61 Å². The van der Waals surface area contributed by atoms with Crippen molar-refractivity contribution in [3.05, 3.63) is 94.1 Å². The van der Waals surface area contributed by atoms with Crippen molar-refractivity contribution in [1.82, 2.24) is 3.97 Å². The third kappa shape index (κ3) is 4.71. The molecule has 0 saturated carbocycles. The Hall–Kier alpha value is -3.70. The van der Waals surface area contributed by atoms with Gasteiger partial charge in [-0.2, -0.15) is 5.26 Å². The highest BCUT2D eigenvalue weighted by Gasteiger charge is 2.23. The van der Waals surface area contributed by atoms with Crippen molar-refractivity contribution in [2.24, 2.45) is 0 Å². The number of esters is 1. The first-order chi connectivity index (χ1) is 17.6. The van der Waals surface area contributed by atoms with Crippen LogP contribution in [0.4, 0.5) is 0 Å². The zero-order valence-electron chi connectivity index (χ0n) is 19.1. The second-order valence-electron chi connectivity index (χ2n) is 7.75. The van der Waals surface area contributed by atoms with Crippen LogP contribution in [0.2, 0.25) is 5.02 Å². The smallest absolute Gasteiger partial charge is 0.343 e. The van der Waals surface area contributed by atoms with Gasteiger partial charge >= 0.3 is 5.97 Å². The van der Waals surface area contributed by atoms with Crippen molar-refractivity contribution in [1.29, 1.82) is 5.26 Å². The fourth-order valence-electron chi connectivity index (χ4n) is 3.97. The quantitative estimate of drug-likeness (QED) is 0.202. The van der Waals surface area contributed by atoms with Gasteiger partial charge < -0.3 is 9.47 Å². The van der Waals surface area contributed by atoms with Crippen LogP contribution < -0.4 is 4.74 Å². The summed E-state index contributed by atoms with van der Waals surface area (Å²) >= 11 is 9.12. The van der Waals surface area contributed by atoms with Crippen molar-refractivity contribution in [2.45, 2.75) is 4.90 Å². The average molecular weight is 531 g/mol. The molecule has 3 aromatic carbocycles. The number of nitriles is 1. The number of halogens is 1. The fourth-order valence-corrected chi connectivity index (χ4v) is 5.80. The molecule has 0 N–H and O–H groups in total. The van der Waals surface area contributed by atoms with Gasteiger partial charge in [0, 0.05) is 32.0 Å². The Morgan fingerprint density at radius 3 is 2.67 bits per heavy atom. The van der Waals surface area contributed by atoms with Crippen molar-refractivity contribution in [2.75, 3.05) is 13.7 Å². The number of carbonyl (C=O) groups is 1. The number of thiophene rings is 1. The van der Waals surface area contributed by atoms with Crippen LogP contribution in [-0.4, -0.2) is 23.7 Å². The van der Waals surface area contributed by atoms with Gasteiger partial charge in [0.15, 0.2) is 6.61 Å². The van der Waals surface area contributed by atoms with Crippen LogP contribution in [0, 0.1) is 11.3 Å². The van der Waals surface area contributed by atoms with Crippen LogP contribution in [0.25, 0.3) is 33.3 Å². The molecular weight excluding hydrogens is 512 g/mol. The van der Waals surface area contributed by atoms with Crippen molar-refractivity contribution in [3.8, 4) is 34.2 Å². The molecule has 0 aliphatic rings. The number of aromatic nitrogens is 1. The van der Waals surface area contributed by atoms with Crippen molar-refractivity contribution >= 4 is 51.8 Å². The molecular formula is C28H19ClN2O3S2. The molecule has 178 valence electrons. The highest BCUT2D eigenvalue weighted by molar-refractivity contribution is 7.98. The Morgan fingerprint density at radius 2 is 1.89 bits per heavy atom. The largest absolute Gasteiger partial charge is 0.482 e. The first-order valence-corrected chi connectivity index (χ1v) is 13.0. The van der Waals surface area contributed by atoms with Crippen LogP contribution in [0.15, 0.2) is 89.1 Å². The second-order valence-corrected chi connectivity index (χ2v) is 10.1. The van der Waals surface area contributed by atoms with Gasteiger partial charge in [0.1, 0.15) is 16.7 Å². The van der Waals surface area contributed by atoms with Crippen LogP contribution in [0.3, 0.4) is 0 Å². The lowest BCUT2D eigenvalue weighted by Gasteiger charge is -2.13. The number of para-hydroxylation sites is 1. The SMILES string of the molecule is COC(=O)COc1cccc(-c2c(-c3ccsc3C#N)c3ccccc3n2Sc2ccc(Cl)cc2)c1. The molecule has 2 aromatic heterocycles. The molecule has 36 heavy (non-hydrogen) atoms. The Kier molecular flexibility index (Phi) is 7.01. The maximum Gasteiger partial charge on any atom is 0.343 e. The Labute approximate surface area is 221 Å². The predicted octanol–water partition coefficient (Wildman–Crippen LogP) is 7.67. The summed E-state index contributed by atoms with van der Waals surface area (Å²) in [7, 11) is 1.33. The highest BCUT2D eigenvalue weighted by Crippen LogP contribution is 2.46. The first kappa shape index (κ1) is 24.0. The van der Waals surface area contributed by atoms with Gasteiger partial charge in [0.05, 0.1) is 18.3 Å². The zero-order chi connectivity index (χ0) is 25.1. The molecule has 0 unspecified atom stereocenters. The molecule has 0 bridgehead atoms. The summed E-state index contributed by atoms with van der Waals surface area (Å²) in [6.07, 6.45) is 0. The number of hydrogen-bond acceptors (Lipinski definition) is 6. The number of fused-ring (bicyclic) bond motifs is 1. The van der Waals surface area contributed by atoms with E-state index in [2.05, 4.69) is 22.2 Å². The monoisotopic (exact) mass is 530 g/mol. The van der Waals surface area contributed by atoms with Gasteiger partial charge in [0.25, 0.3) is 0 Å². The summed E-state index contributed by atoms with van der Waals surface area (Å²) in [5.41, 5.74) is 4.67. The molecule has 8 heteroatoms. The first-order valence-electron chi connectivity index (χ1n) is 10.9. The normalized spacial score (nSPS) is 10.8. The van der Waals surface area contributed by atoms with E-state index >= 15 is 0 Å². The van der Waals surface area contributed by atoms with Crippen LogP contribution >= 0.6 is 34.9 Å². The Morgan fingerprint density at radius 1 is 1.08 bits per heavy atom. The molecule has 0 aliphatic carbocycles. The van der Waals surface area contributed by atoms with E-state index in [0.717, 1.165) is 38.2 Å². The molecule has 0 fully saturated rings. The summed E-state index contributed by atoms with van der Waals surface area (Å²) in [6.45, 7) is -0.182. The summed E-state index contributed by atoms with van der Waals surface area (Å²) in [5.74, 6) is 0.0911. The maximum atomic E-state index is 11.6. The molecule has 5 nitrogen and oxygen atoms in total. The van der Waals surface area contributed by atoms with Gasteiger partial charge in [-0.1, -0.05) is 41.9 Å². The number of benzene rings is 3. The van der Waals surface area contributed by atoms with E-state index in [1.54, 1.807) is 18.0 Å². The van der Waals surface area contributed by atoms with Crippen LogP contribution in [0.1, 0.15) is 4.88 Å². The van der Waals surface area contributed by atoms with E-state index in [1.807, 2.05) is 66.0 Å². The molecule has 2 heterocycles. The lowest BCUT2D eigenvalue weighted by Crippen LogP contribution is -2.12. The van der Waals surface area contributed by atoms with Crippen molar-refractivity contribution in [3.63, 3.8) is 0 Å². The molecule has 5 aromatic rings. The standard InChI is InChI=1S/C28H19ClN2O3S2/c1-33-26(32)17-34-20-6-4-5-18(15-20)28-27(23-13-14-35-25(23)16-30)22-7-2-3-8-24(22)31(28)36-21-11-9-19(29)10-12-21/h2-15H,17H2,1H3. The highest BCUT2D eigenvalue weighted by atomic mass is 35.5. The van der Waals surface area contributed by atoms with E-state index in [4.69, 9.17) is 21.1 Å².